The van der Waals surface area contributed by atoms with Gasteiger partial charge in [0, 0.05) is 42.1 Å². The second-order valence-corrected chi connectivity index (χ2v) is 10.6. The maximum Gasteiger partial charge on any atom is 0.257 e. The smallest absolute Gasteiger partial charge is 0.257 e. The molecule has 0 saturated carbocycles. The molecular weight excluding hydrogens is 490 g/mol. The molecule has 4 aromatic rings. The quantitative estimate of drug-likeness (QED) is 0.250. The molecule has 1 amide bonds. The standard InChI is InChI=1S/C26H29N7O3S/c1-15-10-17(14-27-13-15)22(34)30-18-4-5-20-16(11-18)12-21(37-20)19-6-7-28-24(31-19)29-8-9-33-25(36)32-23(35)26(33,2)3/h4-7,10-14,23,25,32,35-36H,8-9H2,1-3H3,(H,30,34)(H,28,29,31). The Balaban J connectivity index is 1.26. The summed E-state index contributed by atoms with van der Waals surface area (Å²) >= 11 is 1.61. The lowest BCUT2D eigenvalue weighted by Gasteiger charge is -2.33. The minimum atomic E-state index is -0.916. The molecule has 0 spiro atoms. The van der Waals surface area contributed by atoms with Crippen LogP contribution in [0.2, 0.25) is 0 Å². The van der Waals surface area contributed by atoms with Gasteiger partial charge in [-0.25, -0.2) is 9.97 Å². The fourth-order valence-corrected chi connectivity index (χ4v) is 5.33. The summed E-state index contributed by atoms with van der Waals surface area (Å²) in [4.78, 5) is 28.4. The van der Waals surface area contributed by atoms with Crippen molar-refractivity contribution in [2.24, 2.45) is 0 Å². The predicted octanol–water partition coefficient (Wildman–Crippen LogP) is 3.00. The number of carbonyl (C=O) groups excluding carboxylic acids is 1. The van der Waals surface area contributed by atoms with E-state index in [1.165, 1.54) is 0 Å². The molecule has 3 aromatic heterocycles. The van der Waals surface area contributed by atoms with Crippen LogP contribution in [0.5, 0.6) is 0 Å². The van der Waals surface area contributed by atoms with Gasteiger partial charge in [-0.15, -0.1) is 11.3 Å². The SMILES string of the molecule is Cc1cncc(C(=O)Nc2ccc3sc(-c4ccnc(NCCN5C(O)NC(O)C5(C)C)n4)cc3c2)c1. The van der Waals surface area contributed by atoms with Crippen LogP contribution in [0.1, 0.15) is 29.8 Å². The molecule has 0 radical (unpaired) electrons. The largest absolute Gasteiger partial charge is 0.377 e. The third-order valence-electron chi connectivity index (χ3n) is 6.47. The Morgan fingerprint density at radius 3 is 2.78 bits per heavy atom. The summed E-state index contributed by atoms with van der Waals surface area (Å²) < 4.78 is 1.08. The molecule has 1 aliphatic rings. The molecule has 192 valence electrons. The molecule has 4 heterocycles. The summed E-state index contributed by atoms with van der Waals surface area (Å²) in [7, 11) is 0. The molecule has 5 N–H and O–H groups in total. The number of carbonyl (C=O) groups is 1. The number of amides is 1. The lowest BCUT2D eigenvalue weighted by molar-refractivity contribution is -0.0191. The number of aliphatic hydroxyl groups is 2. The monoisotopic (exact) mass is 519 g/mol. The van der Waals surface area contributed by atoms with Crippen LogP contribution in [0.15, 0.2) is 55.0 Å². The molecule has 5 rings (SSSR count). The van der Waals surface area contributed by atoms with E-state index in [0.29, 0.717) is 30.3 Å². The fraction of sp³-hybridized carbons (Fsp3) is 0.308. The van der Waals surface area contributed by atoms with Crippen molar-refractivity contribution in [1.29, 1.82) is 0 Å². The summed E-state index contributed by atoms with van der Waals surface area (Å²) in [6.07, 6.45) is 3.24. The Labute approximate surface area is 218 Å². The first-order chi connectivity index (χ1) is 17.7. The summed E-state index contributed by atoms with van der Waals surface area (Å²) in [5, 5.41) is 30.1. The van der Waals surface area contributed by atoms with Crippen molar-refractivity contribution in [2.45, 2.75) is 38.9 Å². The summed E-state index contributed by atoms with van der Waals surface area (Å²) in [6.45, 7) is 6.62. The first kappa shape index (κ1) is 25.2. The number of anilines is 2. The summed E-state index contributed by atoms with van der Waals surface area (Å²) in [5.41, 5.74) is 2.34. The number of nitrogens with one attached hydrogen (secondary N) is 3. The van der Waals surface area contributed by atoms with E-state index in [1.54, 1.807) is 40.9 Å². The molecule has 1 aromatic carbocycles. The van der Waals surface area contributed by atoms with Crippen molar-refractivity contribution in [3.63, 3.8) is 0 Å². The van der Waals surface area contributed by atoms with E-state index >= 15 is 0 Å². The van der Waals surface area contributed by atoms with Gasteiger partial charge in [0.05, 0.1) is 21.7 Å². The third kappa shape index (κ3) is 5.31. The van der Waals surface area contributed by atoms with Gasteiger partial charge in [0.15, 0.2) is 6.35 Å². The number of aromatic nitrogens is 3. The Hall–Kier alpha value is -3.48. The number of hydrogen-bond donors (Lipinski definition) is 5. The van der Waals surface area contributed by atoms with Gasteiger partial charge in [-0.3, -0.25) is 20.0 Å². The highest BCUT2D eigenvalue weighted by Crippen LogP contribution is 2.34. The molecular formula is C26H29N7O3S. The number of hydrogen-bond acceptors (Lipinski definition) is 10. The lowest BCUT2D eigenvalue weighted by atomic mass is 10.0. The van der Waals surface area contributed by atoms with Crippen LogP contribution in [-0.4, -0.2) is 67.2 Å². The number of aryl methyl sites for hydroxylation is 1. The molecule has 1 saturated heterocycles. The van der Waals surface area contributed by atoms with Gasteiger partial charge in [-0.1, -0.05) is 0 Å². The van der Waals surface area contributed by atoms with Gasteiger partial charge in [-0.2, -0.15) is 0 Å². The summed E-state index contributed by atoms with van der Waals surface area (Å²) in [5.74, 6) is 0.280. The molecule has 2 unspecified atom stereocenters. The highest BCUT2D eigenvalue weighted by Gasteiger charge is 2.45. The molecule has 0 aliphatic carbocycles. The van der Waals surface area contributed by atoms with Crippen LogP contribution in [0.4, 0.5) is 11.6 Å². The van der Waals surface area contributed by atoms with Crippen LogP contribution in [-0.2, 0) is 0 Å². The average molecular weight is 520 g/mol. The van der Waals surface area contributed by atoms with Crippen molar-refractivity contribution in [3.05, 3.63) is 66.1 Å². The Bertz CT molecular complexity index is 1440. The molecule has 10 nitrogen and oxygen atoms in total. The number of aliphatic hydroxyl groups excluding tert-OH is 2. The Morgan fingerprint density at radius 2 is 2.03 bits per heavy atom. The van der Waals surface area contributed by atoms with E-state index in [2.05, 4.69) is 30.9 Å². The van der Waals surface area contributed by atoms with E-state index in [0.717, 1.165) is 26.2 Å². The zero-order chi connectivity index (χ0) is 26.2. The second kappa shape index (κ2) is 10.1. The van der Waals surface area contributed by atoms with E-state index in [4.69, 9.17) is 0 Å². The molecule has 37 heavy (non-hydrogen) atoms. The van der Waals surface area contributed by atoms with Crippen LogP contribution in [0, 0.1) is 6.92 Å². The summed E-state index contributed by atoms with van der Waals surface area (Å²) in [6, 6.07) is 11.5. The van der Waals surface area contributed by atoms with E-state index < -0.39 is 18.1 Å². The van der Waals surface area contributed by atoms with Gasteiger partial charge in [0.1, 0.15) is 6.23 Å². The zero-order valence-corrected chi connectivity index (χ0v) is 21.6. The first-order valence-electron chi connectivity index (χ1n) is 11.9. The van der Waals surface area contributed by atoms with Crippen molar-refractivity contribution in [3.8, 4) is 10.6 Å². The topological polar surface area (TPSA) is 136 Å². The van der Waals surface area contributed by atoms with Gasteiger partial charge in [-0.05, 0) is 68.1 Å². The number of nitrogens with zero attached hydrogens (tertiary/aromatic N) is 4. The van der Waals surface area contributed by atoms with Crippen molar-refractivity contribution < 1.29 is 15.0 Å². The van der Waals surface area contributed by atoms with Crippen molar-refractivity contribution >= 4 is 39.0 Å². The van der Waals surface area contributed by atoms with Crippen LogP contribution >= 0.6 is 11.3 Å². The van der Waals surface area contributed by atoms with Gasteiger partial charge < -0.3 is 20.8 Å². The minimum Gasteiger partial charge on any atom is -0.377 e. The molecule has 2 atom stereocenters. The van der Waals surface area contributed by atoms with Crippen molar-refractivity contribution in [1.82, 2.24) is 25.2 Å². The Kier molecular flexibility index (Phi) is 6.88. The van der Waals surface area contributed by atoms with Crippen LogP contribution in [0.3, 0.4) is 0 Å². The number of pyridine rings is 1. The van der Waals surface area contributed by atoms with Crippen LogP contribution in [0.25, 0.3) is 20.7 Å². The van der Waals surface area contributed by atoms with E-state index in [9.17, 15) is 15.0 Å². The third-order valence-corrected chi connectivity index (χ3v) is 7.61. The number of fused-ring (bicyclic) bond motifs is 1. The fourth-order valence-electron chi connectivity index (χ4n) is 4.32. The predicted molar refractivity (Wildman–Crippen MR) is 144 cm³/mol. The van der Waals surface area contributed by atoms with E-state index in [1.807, 2.05) is 51.1 Å². The Morgan fingerprint density at radius 1 is 1.19 bits per heavy atom. The highest BCUT2D eigenvalue weighted by molar-refractivity contribution is 7.22. The van der Waals surface area contributed by atoms with E-state index in [-0.39, 0.29) is 5.91 Å². The highest BCUT2D eigenvalue weighted by atomic mass is 32.1. The normalized spacial score (nSPS) is 19.3. The zero-order valence-electron chi connectivity index (χ0n) is 20.8. The molecule has 1 aliphatic heterocycles. The number of rotatable bonds is 7. The van der Waals surface area contributed by atoms with Crippen molar-refractivity contribution in [2.75, 3.05) is 23.7 Å². The maximum absolute atomic E-state index is 12.6. The number of benzene rings is 1. The maximum atomic E-state index is 12.6. The lowest BCUT2D eigenvalue weighted by Crippen LogP contribution is -2.49. The van der Waals surface area contributed by atoms with Gasteiger partial charge in [0.2, 0.25) is 5.95 Å². The minimum absolute atomic E-state index is 0.201. The molecule has 11 heteroatoms. The second-order valence-electron chi connectivity index (χ2n) is 9.55. The average Bonchev–Trinajstić information content (AvgIpc) is 3.37. The van der Waals surface area contributed by atoms with Gasteiger partial charge in [0.25, 0.3) is 5.91 Å². The molecule has 0 bridgehead atoms. The first-order valence-corrected chi connectivity index (χ1v) is 12.8. The molecule has 1 fully saturated rings. The number of thiophene rings is 1. The van der Waals surface area contributed by atoms with Crippen LogP contribution < -0.4 is 16.0 Å². The van der Waals surface area contributed by atoms with Gasteiger partial charge >= 0.3 is 0 Å².